The van der Waals surface area contributed by atoms with Gasteiger partial charge in [-0.05, 0) is 48.5 Å². The number of fused-ring (bicyclic) bond motifs is 1. The van der Waals surface area contributed by atoms with Crippen LogP contribution >= 0.6 is 0 Å². The molecule has 0 saturated heterocycles. The van der Waals surface area contributed by atoms with Crippen molar-refractivity contribution in [3.05, 3.63) is 53.9 Å². The van der Waals surface area contributed by atoms with Crippen molar-refractivity contribution < 1.29 is 15.0 Å². The molecule has 126 valence electrons. The fourth-order valence-corrected chi connectivity index (χ4v) is 2.70. The molecule has 0 aliphatic carbocycles. The molecule has 0 radical (unpaired) electrons. The van der Waals surface area contributed by atoms with Gasteiger partial charge < -0.3 is 20.1 Å². The maximum Gasteiger partial charge on any atom is 0.290 e. The van der Waals surface area contributed by atoms with E-state index in [4.69, 9.17) is 9.90 Å². The first-order valence-electron chi connectivity index (χ1n) is 7.48. The fourth-order valence-electron chi connectivity index (χ4n) is 2.70. The van der Waals surface area contributed by atoms with Crippen LogP contribution in [0.2, 0.25) is 0 Å². The highest BCUT2D eigenvalue weighted by Gasteiger charge is 2.10. The Kier molecular flexibility index (Phi) is 6.06. The molecule has 6 heteroatoms. The third-order valence-electron chi connectivity index (χ3n) is 3.59. The number of hydrogen-bond donors (Lipinski definition) is 3. The quantitative estimate of drug-likeness (QED) is 0.641. The average molecular weight is 327 g/mol. The van der Waals surface area contributed by atoms with Crippen LogP contribution in [0.4, 0.5) is 0 Å². The lowest BCUT2D eigenvalue weighted by atomic mass is 9.96. The van der Waals surface area contributed by atoms with E-state index >= 15 is 0 Å². The molecule has 3 N–H and O–H groups in total. The zero-order chi connectivity index (χ0) is 17.5. The Morgan fingerprint density at radius 3 is 2.62 bits per heavy atom. The van der Waals surface area contributed by atoms with E-state index < -0.39 is 0 Å². The summed E-state index contributed by atoms with van der Waals surface area (Å²) in [5, 5.41) is 17.7. The van der Waals surface area contributed by atoms with Gasteiger partial charge in [-0.25, -0.2) is 4.98 Å². The molecule has 0 fully saturated rings. The summed E-state index contributed by atoms with van der Waals surface area (Å²) in [6.07, 6.45) is 3.68. The normalized spacial score (nSPS) is 10.5. The van der Waals surface area contributed by atoms with Gasteiger partial charge in [-0.3, -0.25) is 4.79 Å². The van der Waals surface area contributed by atoms with Gasteiger partial charge in [0, 0.05) is 24.3 Å². The molecule has 0 aliphatic heterocycles. The minimum Gasteiger partial charge on any atom is -0.483 e. The van der Waals surface area contributed by atoms with Crippen LogP contribution in [0.5, 0.6) is 0 Å². The number of carbonyl (C=O) groups is 1. The van der Waals surface area contributed by atoms with Crippen LogP contribution in [0.15, 0.2) is 42.7 Å². The number of aromatic amines is 1. The molecule has 24 heavy (non-hydrogen) atoms. The van der Waals surface area contributed by atoms with Gasteiger partial charge in [-0.1, -0.05) is 18.2 Å². The Labute approximate surface area is 140 Å². The summed E-state index contributed by atoms with van der Waals surface area (Å²) in [6, 6.07) is 10.3. The van der Waals surface area contributed by atoms with E-state index in [0.717, 1.165) is 34.3 Å². The van der Waals surface area contributed by atoms with Gasteiger partial charge in [-0.2, -0.15) is 0 Å². The molecule has 0 amide bonds. The molecule has 0 bridgehead atoms. The highest BCUT2D eigenvalue weighted by molar-refractivity contribution is 5.93. The number of aliphatic hydroxyl groups excluding tert-OH is 1. The van der Waals surface area contributed by atoms with E-state index in [2.05, 4.69) is 33.1 Å². The van der Waals surface area contributed by atoms with Crippen molar-refractivity contribution in [3.8, 4) is 11.1 Å². The number of nitrogens with zero attached hydrogens (tertiary/aromatic N) is 2. The Bertz CT molecular complexity index is 812. The molecular formula is C18H21N3O3. The third kappa shape index (κ3) is 3.98. The molecule has 3 rings (SSSR count). The molecule has 6 nitrogen and oxygen atoms in total. The summed E-state index contributed by atoms with van der Waals surface area (Å²) in [6.45, 7) is 0.647. The molecule has 2 aromatic heterocycles. The number of nitrogens with one attached hydrogen (secondary N) is 1. The molecule has 0 aliphatic rings. The van der Waals surface area contributed by atoms with Gasteiger partial charge in [0.1, 0.15) is 5.65 Å². The van der Waals surface area contributed by atoms with Crippen molar-refractivity contribution in [2.75, 3.05) is 14.1 Å². The molecule has 0 saturated carbocycles. The second-order valence-corrected chi connectivity index (χ2v) is 5.59. The molecule has 0 atom stereocenters. The summed E-state index contributed by atoms with van der Waals surface area (Å²) in [7, 11) is 4.08. The van der Waals surface area contributed by atoms with E-state index in [1.807, 2.05) is 32.4 Å². The second kappa shape index (κ2) is 8.24. The van der Waals surface area contributed by atoms with Crippen LogP contribution in [0.1, 0.15) is 11.1 Å². The van der Waals surface area contributed by atoms with Crippen LogP contribution < -0.4 is 0 Å². The number of pyridine rings is 1. The Morgan fingerprint density at radius 2 is 1.96 bits per heavy atom. The summed E-state index contributed by atoms with van der Waals surface area (Å²) >= 11 is 0. The molecule has 0 unspecified atom stereocenters. The van der Waals surface area contributed by atoms with Crippen molar-refractivity contribution >= 4 is 17.5 Å². The number of aromatic nitrogens is 2. The summed E-state index contributed by atoms with van der Waals surface area (Å²) in [5.74, 6) is 0. The maximum absolute atomic E-state index is 9.72. The van der Waals surface area contributed by atoms with Crippen molar-refractivity contribution in [1.29, 1.82) is 0 Å². The lowest BCUT2D eigenvalue weighted by Crippen LogP contribution is -2.11. The number of hydrogen-bond acceptors (Lipinski definition) is 4. The molecular weight excluding hydrogens is 306 g/mol. The number of rotatable bonds is 4. The van der Waals surface area contributed by atoms with Crippen LogP contribution in [-0.4, -0.2) is 45.6 Å². The van der Waals surface area contributed by atoms with Gasteiger partial charge in [0.15, 0.2) is 0 Å². The predicted octanol–water partition coefficient (Wildman–Crippen LogP) is 2.48. The summed E-state index contributed by atoms with van der Waals surface area (Å²) in [4.78, 5) is 17.9. The zero-order valence-corrected chi connectivity index (χ0v) is 13.7. The van der Waals surface area contributed by atoms with Gasteiger partial charge in [0.05, 0.1) is 6.61 Å². The Hall–Kier alpha value is -2.70. The molecule has 2 heterocycles. The summed E-state index contributed by atoms with van der Waals surface area (Å²) in [5.41, 5.74) is 5.18. The summed E-state index contributed by atoms with van der Waals surface area (Å²) < 4.78 is 0. The third-order valence-corrected chi connectivity index (χ3v) is 3.59. The predicted molar refractivity (Wildman–Crippen MR) is 93.5 cm³/mol. The molecule has 0 spiro atoms. The van der Waals surface area contributed by atoms with Crippen molar-refractivity contribution in [1.82, 2.24) is 14.9 Å². The average Bonchev–Trinajstić information content (AvgIpc) is 3.03. The van der Waals surface area contributed by atoms with Crippen molar-refractivity contribution in [2.24, 2.45) is 0 Å². The van der Waals surface area contributed by atoms with Gasteiger partial charge in [-0.15, -0.1) is 0 Å². The first kappa shape index (κ1) is 17.7. The topological polar surface area (TPSA) is 89.5 Å². The number of carboxylic acid groups (broad SMARTS) is 1. The Balaban J connectivity index is 0.000000647. The van der Waals surface area contributed by atoms with Crippen LogP contribution in [0.25, 0.3) is 22.2 Å². The smallest absolute Gasteiger partial charge is 0.290 e. The van der Waals surface area contributed by atoms with Crippen molar-refractivity contribution in [3.63, 3.8) is 0 Å². The second-order valence-electron chi connectivity index (χ2n) is 5.59. The van der Waals surface area contributed by atoms with Crippen LogP contribution in [0.3, 0.4) is 0 Å². The lowest BCUT2D eigenvalue weighted by molar-refractivity contribution is -0.122. The largest absolute Gasteiger partial charge is 0.483 e. The monoisotopic (exact) mass is 327 g/mol. The van der Waals surface area contributed by atoms with Gasteiger partial charge >= 0.3 is 0 Å². The van der Waals surface area contributed by atoms with Crippen LogP contribution in [-0.2, 0) is 17.9 Å². The van der Waals surface area contributed by atoms with Gasteiger partial charge in [0.25, 0.3) is 6.47 Å². The highest BCUT2D eigenvalue weighted by atomic mass is 16.3. The van der Waals surface area contributed by atoms with Crippen LogP contribution in [0, 0.1) is 0 Å². The number of H-pyrrole nitrogens is 1. The molecule has 1 aromatic carbocycles. The first-order valence-corrected chi connectivity index (χ1v) is 7.48. The highest BCUT2D eigenvalue weighted by Crippen LogP contribution is 2.30. The van der Waals surface area contributed by atoms with Gasteiger partial charge in [0.2, 0.25) is 0 Å². The van der Waals surface area contributed by atoms with E-state index in [0.29, 0.717) is 0 Å². The Morgan fingerprint density at radius 1 is 1.21 bits per heavy atom. The van der Waals surface area contributed by atoms with Crippen molar-refractivity contribution in [2.45, 2.75) is 13.2 Å². The number of aliphatic hydroxyl groups is 1. The fraction of sp³-hybridized carbons (Fsp3) is 0.222. The zero-order valence-electron chi connectivity index (χ0n) is 13.7. The standard InChI is InChI=1S/C17H19N3O.CH2O2/c1-20(2)10-12-3-4-14(13(9-12)11-21)15-5-7-18-17-16(15)6-8-19-17;2-1-3/h3-9,21H,10-11H2,1-2H3,(H,18,19);1H,(H,2,3). The first-order chi connectivity index (χ1) is 11.6. The number of benzene rings is 1. The lowest BCUT2D eigenvalue weighted by Gasteiger charge is -2.14. The molecule has 3 aromatic rings. The van der Waals surface area contributed by atoms with E-state index in [1.165, 1.54) is 5.56 Å². The van der Waals surface area contributed by atoms with E-state index in [-0.39, 0.29) is 13.1 Å². The minimum absolute atomic E-state index is 0.0326. The SMILES string of the molecule is CN(C)Cc1ccc(-c2ccnc3[nH]ccc23)c(CO)c1.O=CO. The van der Waals surface area contributed by atoms with E-state index in [1.54, 1.807) is 6.20 Å². The maximum atomic E-state index is 9.72. The minimum atomic E-state index is -0.250. The van der Waals surface area contributed by atoms with E-state index in [9.17, 15) is 5.11 Å².